The molecule has 8 heteroatoms. The number of aromatic nitrogens is 5. The van der Waals surface area contributed by atoms with Crippen LogP contribution in [-0.4, -0.2) is 24.3 Å². The van der Waals surface area contributed by atoms with Gasteiger partial charge in [-0.2, -0.15) is 0 Å². The van der Waals surface area contributed by atoms with E-state index >= 15 is 0 Å². The van der Waals surface area contributed by atoms with Gasteiger partial charge >= 0.3 is 0 Å². The number of benzene rings is 1. The summed E-state index contributed by atoms with van der Waals surface area (Å²) in [5, 5.41) is 8.01. The van der Waals surface area contributed by atoms with Gasteiger partial charge in [0.2, 0.25) is 0 Å². The summed E-state index contributed by atoms with van der Waals surface area (Å²) < 4.78 is 18.2. The van der Waals surface area contributed by atoms with Crippen molar-refractivity contribution in [3.05, 3.63) is 39.5 Å². The molecule has 21 heavy (non-hydrogen) atoms. The van der Waals surface area contributed by atoms with Crippen molar-refractivity contribution < 1.29 is 4.39 Å². The van der Waals surface area contributed by atoms with Crippen LogP contribution in [0.3, 0.4) is 0 Å². The van der Waals surface area contributed by atoms with E-state index in [1.165, 1.54) is 6.07 Å². The summed E-state index contributed by atoms with van der Waals surface area (Å²) in [7, 11) is 1.87. The minimum Gasteiger partial charge on any atom is -0.319 e. The summed E-state index contributed by atoms with van der Waals surface area (Å²) in [4.78, 5) is 4.50. The molecule has 0 aliphatic heterocycles. The Labute approximate surface area is 139 Å². The summed E-state index contributed by atoms with van der Waals surface area (Å²) in [5.41, 5.74) is 1.43. The summed E-state index contributed by atoms with van der Waals surface area (Å²) in [6, 6.07) is 3.07. The van der Waals surface area contributed by atoms with E-state index in [1.54, 1.807) is 12.4 Å². The zero-order valence-electron chi connectivity index (χ0n) is 11.4. The van der Waals surface area contributed by atoms with Gasteiger partial charge < -0.3 is 9.13 Å². The number of alkyl halides is 1. The first-order valence-electron chi connectivity index (χ1n) is 6.28. The zero-order valence-corrected chi connectivity index (χ0v) is 14.3. The summed E-state index contributed by atoms with van der Waals surface area (Å²) >= 11 is 7.96. The highest BCUT2D eigenvalue weighted by Crippen LogP contribution is 2.28. The maximum absolute atomic E-state index is 13.9. The van der Waals surface area contributed by atoms with Gasteiger partial charge in [0, 0.05) is 13.1 Å². The van der Waals surface area contributed by atoms with Gasteiger partial charge in [0.05, 0.1) is 26.5 Å². The first-order chi connectivity index (χ1) is 10.0. The molecule has 3 aromatic rings. The van der Waals surface area contributed by atoms with E-state index in [0.717, 1.165) is 11.3 Å². The third-order valence-corrected chi connectivity index (χ3v) is 4.50. The molecule has 0 amide bonds. The van der Waals surface area contributed by atoms with Crippen molar-refractivity contribution >= 4 is 45.2 Å². The maximum atomic E-state index is 13.9. The molecular formula is C13H12ClFIN5. The average Bonchev–Trinajstić information content (AvgIpc) is 3.02. The lowest BCUT2D eigenvalue weighted by atomic mass is 10.2. The van der Waals surface area contributed by atoms with Crippen molar-refractivity contribution in [3.63, 3.8) is 0 Å². The number of nitrogens with zero attached hydrogens (tertiary/aromatic N) is 5. The first kappa shape index (κ1) is 14.7. The standard InChI is InChI=1S/C13H12ClFIN5/c1-7(13-19-17-6-20(13)2)21-11-3-8(15)9(16)4-10(11)18-12(21)5-14/h3-4,6-7H,5H2,1-2H3. The molecule has 110 valence electrons. The van der Waals surface area contributed by atoms with Crippen molar-refractivity contribution in [1.29, 1.82) is 0 Å². The zero-order chi connectivity index (χ0) is 15.1. The Morgan fingerprint density at radius 1 is 1.43 bits per heavy atom. The number of fused-ring (bicyclic) bond motifs is 1. The number of hydrogen-bond donors (Lipinski definition) is 0. The maximum Gasteiger partial charge on any atom is 0.155 e. The summed E-state index contributed by atoms with van der Waals surface area (Å²) in [6.45, 7) is 1.97. The van der Waals surface area contributed by atoms with Gasteiger partial charge in [-0.1, -0.05) is 0 Å². The highest BCUT2D eigenvalue weighted by atomic mass is 127. The molecule has 1 atom stereocenters. The molecule has 0 fully saturated rings. The Hall–Kier alpha value is -1.22. The number of rotatable bonds is 3. The Kier molecular flexibility index (Phi) is 3.87. The van der Waals surface area contributed by atoms with Gasteiger partial charge in [0.1, 0.15) is 18.0 Å². The van der Waals surface area contributed by atoms with Crippen molar-refractivity contribution in [1.82, 2.24) is 24.3 Å². The number of imidazole rings is 1. The Morgan fingerprint density at radius 2 is 2.19 bits per heavy atom. The van der Waals surface area contributed by atoms with Crippen LogP contribution in [0, 0.1) is 9.39 Å². The van der Waals surface area contributed by atoms with E-state index in [0.29, 0.717) is 14.9 Å². The smallest absolute Gasteiger partial charge is 0.155 e. The van der Waals surface area contributed by atoms with Gasteiger partial charge in [-0.05, 0) is 35.6 Å². The molecule has 0 N–H and O–H groups in total. The normalized spacial score (nSPS) is 13.0. The molecular weight excluding hydrogens is 408 g/mol. The second-order valence-electron chi connectivity index (χ2n) is 4.76. The lowest BCUT2D eigenvalue weighted by molar-refractivity contribution is 0.569. The molecule has 0 aliphatic carbocycles. The predicted octanol–water partition coefficient (Wildman–Crippen LogP) is 3.26. The minimum absolute atomic E-state index is 0.143. The molecule has 3 rings (SSSR count). The fourth-order valence-electron chi connectivity index (χ4n) is 2.45. The fourth-order valence-corrected chi connectivity index (χ4v) is 3.09. The van der Waals surface area contributed by atoms with Crippen LogP contribution in [0.1, 0.15) is 24.6 Å². The van der Waals surface area contributed by atoms with Crippen LogP contribution in [0.2, 0.25) is 0 Å². The van der Waals surface area contributed by atoms with E-state index in [9.17, 15) is 4.39 Å². The van der Waals surface area contributed by atoms with Gasteiger partial charge in [-0.15, -0.1) is 21.8 Å². The molecule has 1 aromatic carbocycles. The molecule has 0 saturated carbocycles. The second kappa shape index (κ2) is 5.53. The molecule has 1 unspecified atom stereocenters. The van der Waals surface area contributed by atoms with E-state index in [-0.39, 0.29) is 17.7 Å². The fraction of sp³-hybridized carbons (Fsp3) is 0.308. The Morgan fingerprint density at radius 3 is 2.81 bits per heavy atom. The van der Waals surface area contributed by atoms with E-state index < -0.39 is 0 Å². The van der Waals surface area contributed by atoms with E-state index in [2.05, 4.69) is 15.2 Å². The van der Waals surface area contributed by atoms with Gasteiger partial charge in [-0.25, -0.2) is 9.37 Å². The molecule has 0 spiro atoms. The molecule has 5 nitrogen and oxygen atoms in total. The minimum atomic E-state index is -0.268. The predicted molar refractivity (Wildman–Crippen MR) is 86.8 cm³/mol. The average molecular weight is 420 g/mol. The van der Waals surface area contributed by atoms with Crippen LogP contribution < -0.4 is 0 Å². The molecule has 2 aromatic heterocycles. The number of halogens is 3. The van der Waals surface area contributed by atoms with Gasteiger partial charge in [-0.3, -0.25) is 0 Å². The van der Waals surface area contributed by atoms with Crippen LogP contribution in [0.4, 0.5) is 4.39 Å². The topological polar surface area (TPSA) is 48.5 Å². The van der Waals surface area contributed by atoms with Crippen LogP contribution >= 0.6 is 34.2 Å². The number of aryl methyl sites for hydroxylation is 1. The molecule has 0 aliphatic rings. The lowest BCUT2D eigenvalue weighted by Crippen LogP contribution is -2.14. The van der Waals surface area contributed by atoms with Crippen molar-refractivity contribution in [2.45, 2.75) is 18.8 Å². The highest BCUT2D eigenvalue weighted by Gasteiger charge is 2.21. The monoisotopic (exact) mass is 419 g/mol. The van der Waals surface area contributed by atoms with Crippen LogP contribution in [0.15, 0.2) is 18.5 Å². The van der Waals surface area contributed by atoms with Crippen molar-refractivity contribution in [3.8, 4) is 0 Å². The summed E-state index contributed by atoms with van der Waals surface area (Å²) in [5.74, 6) is 1.42. The largest absolute Gasteiger partial charge is 0.319 e. The third kappa shape index (κ3) is 2.42. The van der Waals surface area contributed by atoms with Crippen molar-refractivity contribution in [2.24, 2.45) is 7.05 Å². The van der Waals surface area contributed by atoms with Crippen LogP contribution in [-0.2, 0) is 12.9 Å². The lowest BCUT2D eigenvalue weighted by Gasteiger charge is -2.16. The second-order valence-corrected chi connectivity index (χ2v) is 6.19. The van der Waals surface area contributed by atoms with E-state index in [4.69, 9.17) is 11.6 Å². The van der Waals surface area contributed by atoms with Crippen LogP contribution in [0.5, 0.6) is 0 Å². The molecule has 0 bridgehead atoms. The molecule has 2 heterocycles. The van der Waals surface area contributed by atoms with Crippen LogP contribution in [0.25, 0.3) is 11.0 Å². The van der Waals surface area contributed by atoms with E-state index in [1.807, 2.05) is 45.7 Å². The summed E-state index contributed by atoms with van der Waals surface area (Å²) in [6.07, 6.45) is 1.63. The Bertz CT molecular complexity index is 812. The molecule has 0 radical (unpaired) electrons. The van der Waals surface area contributed by atoms with Gasteiger partial charge in [0.25, 0.3) is 0 Å². The third-order valence-electron chi connectivity index (χ3n) is 3.43. The SMILES string of the molecule is CC(c1nncn1C)n1c(CCl)nc2cc(I)c(F)cc21. The highest BCUT2D eigenvalue weighted by molar-refractivity contribution is 14.1. The number of hydrogen-bond acceptors (Lipinski definition) is 3. The quantitative estimate of drug-likeness (QED) is 0.484. The van der Waals surface area contributed by atoms with Crippen molar-refractivity contribution in [2.75, 3.05) is 0 Å². The first-order valence-corrected chi connectivity index (χ1v) is 7.90. The molecule has 0 saturated heterocycles. The van der Waals surface area contributed by atoms with Gasteiger partial charge in [0.15, 0.2) is 5.82 Å². The Balaban J connectivity index is 2.25.